The van der Waals surface area contributed by atoms with Gasteiger partial charge in [0, 0.05) is 6.20 Å². The second-order valence-electron chi connectivity index (χ2n) is 3.36. The third-order valence-electron chi connectivity index (χ3n) is 2.08. The summed E-state index contributed by atoms with van der Waals surface area (Å²) in [6.45, 7) is 1.47. The molecule has 18 heavy (non-hydrogen) atoms. The van der Waals surface area contributed by atoms with Crippen molar-refractivity contribution in [3.8, 4) is 0 Å². The van der Waals surface area contributed by atoms with E-state index in [-0.39, 0.29) is 6.42 Å². The van der Waals surface area contributed by atoms with Crippen molar-refractivity contribution in [1.29, 1.82) is 0 Å². The fourth-order valence-corrected chi connectivity index (χ4v) is 2.43. The van der Waals surface area contributed by atoms with Crippen LogP contribution in [0.1, 0.15) is 13.3 Å². The standard InChI is InChI=1S/C8H11N3O6S/c1-2-4(7(13)14)11-18(16,17)5-3-9-8(15)10-6(5)12/h3-4,11H,2H2,1H3,(H,13,14)(H2,9,10,12,15)/t4-/m0/s1. The van der Waals surface area contributed by atoms with Gasteiger partial charge in [-0.3, -0.25) is 14.6 Å². The lowest BCUT2D eigenvalue weighted by atomic mass is 10.2. The fraction of sp³-hybridized carbons (Fsp3) is 0.375. The van der Waals surface area contributed by atoms with E-state index in [0.29, 0.717) is 6.20 Å². The Morgan fingerprint density at radius 1 is 1.50 bits per heavy atom. The first-order valence-corrected chi connectivity index (χ1v) is 6.33. The lowest BCUT2D eigenvalue weighted by Crippen LogP contribution is -2.42. The van der Waals surface area contributed by atoms with Crippen LogP contribution in [0.5, 0.6) is 0 Å². The SMILES string of the molecule is CC[C@H](NS(=O)(=O)c1c[nH]c(=O)[nH]c1=O)C(=O)O. The Morgan fingerprint density at radius 2 is 2.11 bits per heavy atom. The van der Waals surface area contributed by atoms with Crippen LogP contribution < -0.4 is 16.0 Å². The number of carboxylic acid groups (broad SMARTS) is 1. The van der Waals surface area contributed by atoms with E-state index in [9.17, 15) is 22.8 Å². The molecular weight excluding hydrogens is 266 g/mol. The first-order valence-electron chi connectivity index (χ1n) is 4.85. The lowest BCUT2D eigenvalue weighted by molar-refractivity contribution is -0.139. The van der Waals surface area contributed by atoms with Crippen molar-refractivity contribution in [3.63, 3.8) is 0 Å². The second-order valence-corrected chi connectivity index (χ2v) is 5.04. The molecule has 9 nitrogen and oxygen atoms in total. The average molecular weight is 277 g/mol. The molecule has 0 aliphatic carbocycles. The molecule has 0 aliphatic heterocycles. The van der Waals surface area contributed by atoms with Crippen LogP contribution in [0.4, 0.5) is 0 Å². The van der Waals surface area contributed by atoms with Crippen LogP contribution in [0, 0.1) is 0 Å². The average Bonchev–Trinajstić information content (AvgIpc) is 2.24. The van der Waals surface area contributed by atoms with Crippen molar-refractivity contribution in [3.05, 3.63) is 27.0 Å². The number of H-pyrrole nitrogens is 2. The van der Waals surface area contributed by atoms with Crippen LogP contribution in [0.2, 0.25) is 0 Å². The van der Waals surface area contributed by atoms with E-state index < -0.39 is 38.2 Å². The van der Waals surface area contributed by atoms with Gasteiger partial charge in [0.15, 0.2) is 4.90 Å². The van der Waals surface area contributed by atoms with Crippen LogP contribution in [-0.2, 0) is 14.8 Å². The Bertz CT molecular complexity index is 658. The maximum absolute atomic E-state index is 11.7. The molecule has 0 spiro atoms. The van der Waals surface area contributed by atoms with Crippen molar-refractivity contribution >= 4 is 16.0 Å². The maximum Gasteiger partial charge on any atom is 0.325 e. The first-order chi connectivity index (χ1) is 8.27. The summed E-state index contributed by atoms with van der Waals surface area (Å²) in [4.78, 5) is 35.7. The summed E-state index contributed by atoms with van der Waals surface area (Å²) in [6, 6.07) is -1.35. The van der Waals surface area contributed by atoms with E-state index in [2.05, 4.69) is 0 Å². The summed E-state index contributed by atoms with van der Waals surface area (Å²) < 4.78 is 25.3. The number of sulfonamides is 1. The van der Waals surface area contributed by atoms with Crippen LogP contribution in [-0.4, -0.2) is 35.5 Å². The van der Waals surface area contributed by atoms with Gasteiger partial charge in [0.25, 0.3) is 5.56 Å². The molecule has 1 rings (SSSR count). The highest BCUT2D eigenvalue weighted by Crippen LogP contribution is 2.02. The zero-order chi connectivity index (χ0) is 13.9. The van der Waals surface area contributed by atoms with Gasteiger partial charge in [-0.05, 0) is 6.42 Å². The van der Waals surface area contributed by atoms with Gasteiger partial charge in [0.05, 0.1) is 0 Å². The molecule has 1 aromatic rings. The summed E-state index contributed by atoms with van der Waals surface area (Å²) in [5.41, 5.74) is -1.98. The zero-order valence-corrected chi connectivity index (χ0v) is 10.1. The number of aromatic amines is 2. The van der Waals surface area contributed by atoms with E-state index in [4.69, 9.17) is 5.11 Å². The summed E-state index contributed by atoms with van der Waals surface area (Å²) in [5, 5.41) is 8.73. The van der Waals surface area contributed by atoms with E-state index >= 15 is 0 Å². The van der Waals surface area contributed by atoms with Crippen molar-refractivity contribution in [2.45, 2.75) is 24.3 Å². The molecule has 0 unspecified atom stereocenters. The van der Waals surface area contributed by atoms with Crippen molar-refractivity contribution in [1.82, 2.24) is 14.7 Å². The Kier molecular flexibility index (Phi) is 4.03. The highest BCUT2D eigenvalue weighted by molar-refractivity contribution is 7.89. The predicted octanol–water partition coefficient (Wildman–Crippen LogP) is -1.80. The number of hydrogen-bond acceptors (Lipinski definition) is 5. The third kappa shape index (κ3) is 3.05. The van der Waals surface area contributed by atoms with Crippen LogP contribution in [0.15, 0.2) is 20.7 Å². The Labute approximate surface area is 101 Å². The number of rotatable bonds is 5. The summed E-state index contributed by atoms with van der Waals surface area (Å²) in [7, 11) is -4.31. The maximum atomic E-state index is 11.7. The van der Waals surface area contributed by atoms with E-state index in [1.54, 1.807) is 4.98 Å². The van der Waals surface area contributed by atoms with E-state index in [0.717, 1.165) is 0 Å². The van der Waals surface area contributed by atoms with Gasteiger partial charge in [0.1, 0.15) is 6.04 Å². The molecule has 0 saturated carbocycles. The minimum Gasteiger partial charge on any atom is -0.480 e. The van der Waals surface area contributed by atoms with Crippen molar-refractivity contribution in [2.75, 3.05) is 0 Å². The number of nitrogens with one attached hydrogen (secondary N) is 3. The van der Waals surface area contributed by atoms with Gasteiger partial charge >= 0.3 is 11.7 Å². The topological polar surface area (TPSA) is 149 Å². The van der Waals surface area contributed by atoms with Crippen LogP contribution >= 0.6 is 0 Å². The molecule has 0 radical (unpaired) electrons. The van der Waals surface area contributed by atoms with Gasteiger partial charge < -0.3 is 10.1 Å². The van der Waals surface area contributed by atoms with Gasteiger partial charge in [-0.25, -0.2) is 13.2 Å². The fourth-order valence-electron chi connectivity index (χ4n) is 1.16. The van der Waals surface area contributed by atoms with Gasteiger partial charge in [-0.1, -0.05) is 6.92 Å². The third-order valence-corrected chi connectivity index (χ3v) is 3.56. The first kappa shape index (κ1) is 14.1. The van der Waals surface area contributed by atoms with E-state index in [1.165, 1.54) is 6.92 Å². The molecule has 0 aliphatic rings. The molecule has 0 fully saturated rings. The monoisotopic (exact) mass is 277 g/mol. The van der Waals surface area contributed by atoms with Crippen LogP contribution in [0.3, 0.4) is 0 Å². The highest BCUT2D eigenvalue weighted by atomic mass is 32.2. The summed E-state index contributed by atoms with van der Waals surface area (Å²) in [5.74, 6) is -1.36. The number of hydrogen-bond donors (Lipinski definition) is 4. The molecule has 0 bridgehead atoms. The minimum atomic E-state index is -4.31. The zero-order valence-electron chi connectivity index (χ0n) is 9.26. The van der Waals surface area contributed by atoms with Crippen molar-refractivity contribution < 1.29 is 18.3 Å². The molecule has 1 atom stereocenters. The van der Waals surface area contributed by atoms with Gasteiger partial charge in [0.2, 0.25) is 10.0 Å². The Morgan fingerprint density at radius 3 is 2.56 bits per heavy atom. The Balaban J connectivity index is 3.18. The predicted molar refractivity (Wildman–Crippen MR) is 59.7 cm³/mol. The molecule has 0 amide bonds. The molecule has 0 aromatic carbocycles. The molecular formula is C8H11N3O6S. The summed E-state index contributed by atoms with van der Waals surface area (Å²) >= 11 is 0. The van der Waals surface area contributed by atoms with Crippen LogP contribution in [0.25, 0.3) is 0 Å². The van der Waals surface area contributed by atoms with Gasteiger partial charge in [-0.2, -0.15) is 4.72 Å². The molecule has 1 aromatic heterocycles. The molecule has 4 N–H and O–H groups in total. The van der Waals surface area contributed by atoms with Gasteiger partial charge in [-0.15, -0.1) is 0 Å². The molecule has 10 heteroatoms. The van der Waals surface area contributed by atoms with E-state index in [1.807, 2.05) is 9.71 Å². The lowest BCUT2D eigenvalue weighted by Gasteiger charge is -2.11. The molecule has 100 valence electrons. The highest BCUT2D eigenvalue weighted by Gasteiger charge is 2.26. The normalized spacial score (nSPS) is 13.2. The number of carboxylic acids is 1. The molecule has 1 heterocycles. The second kappa shape index (κ2) is 5.14. The molecule has 0 saturated heterocycles. The summed E-state index contributed by atoms with van der Waals surface area (Å²) in [6.07, 6.45) is 0.716. The quantitative estimate of drug-likeness (QED) is 0.499. The number of carbonyl (C=O) groups is 1. The Hall–Kier alpha value is -1.94. The largest absolute Gasteiger partial charge is 0.480 e. The number of aromatic nitrogens is 2. The number of aliphatic carboxylic acids is 1. The van der Waals surface area contributed by atoms with Crippen molar-refractivity contribution in [2.24, 2.45) is 0 Å². The smallest absolute Gasteiger partial charge is 0.325 e. The minimum absolute atomic E-state index is 0.00974.